The molecule has 0 spiro atoms. The molecule has 0 radical (unpaired) electrons. The Morgan fingerprint density at radius 2 is 1.81 bits per heavy atom. The van der Waals surface area contributed by atoms with Gasteiger partial charge in [-0.15, -0.1) is 0 Å². The van der Waals surface area contributed by atoms with Gasteiger partial charge in [0.25, 0.3) is 0 Å². The molecule has 1 fully saturated rings. The number of hydrogen-bond donors (Lipinski definition) is 0. The van der Waals surface area contributed by atoms with Gasteiger partial charge in [-0.05, 0) is 57.1 Å². The Morgan fingerprint density at radius 1 is 1.19 bits per heavy atom. The summed E-state index contributed by atoms with van der Waals surface area (Å²) in [5.74, 6) is 1.47. The van der Waals surface area contributed by atoms with Crippen molar-refractivity contribution in [2.75, 3.05) is 26.2 Å². The van der Waals surface area contributed by atoms with Crippen LogP contribution in [0, 0.1) is 5.92 Å². The van der Waals surface area contributed by atoms with Crippen LogP contribution in [-0.2, 0) is 0 Å². The fourth-order valence-corrected chi connectivity index (χ4v) is 2.66. The Balaban J connectivity index is 0.00000220. The lowest BCUT2D eigenvalue weighted by Crippen LogP contribution is -2.35. The fraction of sp³-hybridized carbons (Fsp3) is 0.611. The highest BCUT2D eigenvalue weighted by molar-refractivity contribution is 5.94. The van der Waals surface area contributed by atoms with Gasteiger partial charge < -0.3 is 9.64 Å². The summed E-state index contributed by atoms with van der Waals surface area (Å²) in [5, 5.41) is 0. The van der Waals surface area contributed by atoms with Gasteiger partial charge in [0.15, 0.2) is 5.78 Å². The van der Waals surface area contributed by atoms with Crippen molar-refractivity contribution in [1.29, 1.82) is 0 Å². The molecule has 1 heterocycles. The third-order valence-electron chi connectivity index (χ3n) is 3.81. The first-order chi connectivity index (χ1) is 9.65. The molecular formula is C18H29NO2. The highest BCUT2D eigenvalue weighted by atomic mass is 16.5. The van der Waals surface area contributed by atoms with Crippen LogP contribution in [0.15, 0.2) is 24.3 Å². The van der Waals surface area contributed by atoms with Crippen molar-refractivity contribution in [3.8, 4) is 5.75 Å². The maximum atomic E-state index is 11.2. The number of benzene rings is 1. The number of rotatable bonds is 6. The van der Waals surface area contributed by atoms with E-state index in [2.05, 4.69) is 11.8 Å². The Kier molecular flexibility index (Phi) is 7.44. The first kappa shape index (κ1) is 17.7. The molecular weight excluding hydrogens is 262 g/mol. The van der Waals surface area contributed by atoms with E-state index in [9.17, 15) is 4.79 Å². The van der Waals surface area contributed by atoms with Crippen molar-refractivity contribution in [3.05, 3.63) is 29.8 Å². The van der Waals surface area contributed by atoms with Gasteiger partial charge in [0.2, 0.25) is 0 Å². The summed E-state index contributed by atoms with van der Waals surface area (Å²) < 4.78 is 5.81. The van der Waals surface area contributed by atoms with Gasteiger partial charge in [-0.1, -0.05) is 20.8 Å². The Bertz CT molecular complexity index is 421. The standard InChI is InChI=1S/C17H25NO2.CH4/c1-14(12-18-10-4-3-5-11-18)13-20-17-8-6-16(7-9-17)15(2)19;/h6-9,14H,3-5,10-13H2,1-2H3;1H4. The number of hydrogen-bond acceptors (Lipinski definition) is 3. The molecule has 1 aliphatic heterocycles. The zero-order valence-electron chi connectivity index (χ0n) is 12.6. The van der Waals surface area contributed by atoms with E-state index >= 15 is 0 Å². The van der Waals surface area contributed by atoms with Crippen LogP contribution in [0.25, 0.3) is 0 Å². The minimum atomic E-state index is 0. The van der Waals surface area contributed by atoms with Crippen molar-refractivity contribution < 1.29 is 9.53 Å². The zero-order valence-corrected chi connectivity index (χ0v) is 12.6. The van der Waals surface area contributed by atoms with Crippen LogP contribution in [0.2, 0.25) is 0 Å². The van der Waals surface area contributed by atoms with Gasteiger partial charge in [-0.25, -0.2) is 0 Å². The monoisotopic (exact) mass is 291 g/mol. The summed E-state index contributed by atoms with van der Waals surface area (Å²) in [5.41, 5.74) is 0.735. The van der Waals surface area contributed by atoms with E-state index < -0.39 is 0 Å². The molecule has 0 bridgehead atoms. The van der Waals surface area contributed by atoms with E-state index in [-0.39, 0.29) is 13.2 Å². The second kappa shape index (κ2) is 8.83. The van der Waals surface area contributed by atoms with Crippen LogP contribution in [0.5, 0.6) is 5.75 Å². The van der Waals surface area contributed by atoms with E-state index in [1.807, 2.05) is 24.3 Å². The Labute approximate surface area is 129 Å². The van der Waals surface area contributed by atoms with Crippen LogP contribution in [0.3, 0.4) is 0 Å². The summed E-state index contributed by atoms with van der Waals surface area (Å²) in [6.07, 6.45) is 4.05. The van der Waals surface area contributed by atoms with Gasteiger partial charge in [0, 0.05) is 18.0 Å². The van der Waals surface area contributed by atoms with Gasteiger partial charge in [-0.3, -0.25) is 4.79 Å². The Hall–Kier alpha value is -1.35. The highest BCUT2D eigenvalue weighted by Gasteiger charge is 2.13. The maximum absolute atomic E-state index is 11.2. The molecule has 0 amide bonds. The summed E-state index contributed by atoms with van der Waals surface area (Å²) in [7, 11) is 0. The third-order valence-corrected chi connectivity index (χ3v) is 3.81. The summed E-state index contributed by atoms with van der Waals surface area (Å²) in [4.78, 5) is 13.7. The van der Waals surface area contributed by atoms with Gasteiger partial charge in [0.05, 0.1) is 6.61 Å². The normalized spacial score (nSPS) is 16.9. The van der Waals surface area contributed by atoms with Crippen molar-refractivity contribution in [2.45, 2.75) is 40.5 Å². The van der Waals surface area contributed by atoms with Crippen LogP contribution in [-0.4, -0.2) is 36.9 Å². The number of ether oxygens (including phenoxy) is 1. The minimum absolute atomic E-state index is 0. The predicted molar refractivity (Wildman–Crippen MR) is 88.1 cm³/mol. The number of carbonyl (C=O) groups is 1. The summed E-state index contributed by atoms with van der Waals surface area (Å²) in [6, 6.07) is 7.41. The third kappa shape index (κ3) is 5.88. The summed E-state index contributed by atoms with van der Waals surface area (Å²) >= 11 is 0. The molecule has 21 heavy (non-hydrogen) atoms. The average molecular weight is 291 g/mol. The first-order valence-electron chi connectivity index (χ1n) is 7.61. The zero-order chi connectivity index (χ0) is 14.4. The average Bonchev–Trinajstić information content (AvgIpc) is 2.46. The van der Waals surface area contributed by atoms with Crippen LogP contribution in [0.4, 0.5) is 0 Å². The Morgan fingerprint density at radius 3 is 2.38 bits per heavy atom. The number of Topliss-reactive ketones (excluding diaryl/α,β-unsaturated/α-hetero) is 1. The maximum Gasteiger partial charge on any atom is 0.159 e. The number of likely N-dealkylation sites (tertiary alicyclic amines) is 1. The van der Waals surface area contributed by atoms with Crippen molar-refractivity contribution >= 4 is 5.78 Å². The van der Waals surface area contributed by atoms with Crippen LogP contribution >= 0.6 is 0 Å². The predicted octanol–water partition coefficient (Wildman–Crippen LogP) is 4.03. The summed E-state index contributed by atoms with van der Waals surface area (Å²) in [6.45, 7) is 8.13. The number of piperidine rings is 1. The van der Waals surface area contributed by atoms with Crippen LogP contribution in [0.1, 0.15) is 50.9 Å². The van der Waals surface area contributed by atoms with Gasteiger partial charge in [-0.2, -0.15) is 0 Å². The van der Waals surface area contributed by atoms with Gasteiger partial charge in [0.1, 0.15) is 5.75 Å². The molecule has 1 aromatic rings. The van der Waals surface area contributed by atoms with Crippen molar-refractivity contribution in [1.82, 2.24) is 4.90 Å². The van der Waals surface area contributed by atoms with E-state index in [0.717, 1.165) is 24.5 Å². The van der Waals surface area contributed by atoms with E-state index in [0.29, 0.717) is 5.92 Å². The highest BCUT2D eigenvalue weighted by Crippen LogP contribution is 2.15. The first-order valence-corrected chi connectivity index (χ1v) is 7.61. The quantitative estimate of drug-likeness (QED) is 0.741. The molecule has 118 valence electrons. The molecule has 3 nitrogen and oxygen atoms in total. The molecule has 0 aromatic heterocycles. The lowest BCUT2D eigenvalue weighted by molar-refractivity contribution is 0.101. The van der Waals surface area contributed by atoms with Crippen molar-refractivity contribution in [2.24, 2.45) is 5.92 Å². The molecule has 0 N–H and O–H groups in total. The number of ketones is 1. The SMILES string of the molecule is C.CC(=O)c1ccc(OCC(C)CN2CCCCC2)cc1. The second-order valence-corrected chi connectivity index (χ2v) is 5.86. The van der Waals surface area contributed by atoms with E-state index in [4.69, 9.17) is 4.74 Å². The molecule has 1 saturated heterocycles. The molecule has 0 saturated carbocycles. The molecule has 0 aliphatic carbocycles. The van der Waals surface area contributed by atoms with Crippen molar-refractivity contribution in [3.63, 3.8) is 0 Å². The second-order valence-electron chi connectivity index (χ2n) is 5.86. The number of nitrogens with zero attached hydrogens (tertiary/aromatic N) is 1. The lowest BCUT2D eigenvalue weighted by atomic mass is 10.1. The molecule has 3 heteroatoms. The smallest absolute Gasteiger partial charge is 0.159 e. The fourth-order valence-electron chi connectivity index (χ4n) is 2.66. The number of carbonyl (C=O) groups excluding carboxylic acids is 1. The molecule has 1 aliphatic rings. The van der Waals surface area contributed by atoms with Gasteiger partial charge >= 0.3 is 0 Å². The van der Waals surface area contributed by atoms with E-state index in [1.54, 1.807) is 6.92 Å². The molecule has 1 aromatic carbocycles. The largest absolute Gasteiger partial charge is 0.493 e. The van der Waals surface area contributed by atoms with Crippen LogP contribution < -0.4 is 4.74 Å². The van der Waals surface area contributed by atoms with E-state index in [1.165, 1.54) is 32.4 Å². The lowest BCUT2D eigenvalue weighted by Gasteiger charge is -2.29. The molecule has 1 unspecified atom stereocenters. The minimum Gasteiger partial charge on any atom is -0.493 e. The molecule has 2 rings (SSSR count). The molecule has 1 atom stereocenters. The topological polar surface area (TPSA) is 29.5 Å².